The number of hydrogen-bond donors (Lipinski definition) is 0. The molecule has 132 valence electrons. The summed E-state index contributed by atoms with van der Waals surface area (Å²) in [7, 11) is -3.57. The van der Waals surface area contributed by atoms with Gasteiger partial charge in [-0.15, -0.1) is 0 Å². The molecule has 1 aromatic carbocycles. The Hall–Kier alpha value is -0.182. The van der Waals surface area contributed by atoms with E-state index in [-0.39, 0.29) is 32.6 Å². The Morgan fingerprint density at radius 3 is 1.78 bits per heavy atom. The maximum Gasteiger partial charge on any atom is 0.296 e. The molecule has 0 fully saturated rings. The average Bonchev–Trinajstić information content (AvgIpc) is 2.53. The first-order valence-corrected chi connectivity index (χ1v) is 10.0. The fraction of sp³-hybridized carbons (Fsp3) is 0.667. The molecule has 0 aromatic heterocycles. The Bertz CT molecular complexity index is 474. The van der Waals surface area contributed by atoms with Crippen molar-refractivity contribution >= 4 is 10.1 Å². The zero-order valence-electron chi connectivity index (χ0n) is 14.2. The Kier molecular flexibility index (Phi) is 14.1. The first-order chi connectivity index (χ1) is 10.7. The van der Waals surface area contributed by atoms with E-state index in [2.05, 4.69) is 6.92 Å². The maximum absolute atomic E-state index is 11.9. The minimum Gasteiger partial charge on any atom is -0.266 e. The molecule has 0 saturated heterocycles. The summed E-state index contributed by atoms with van der Waals surface area (Å²) in [5.41, 5.74) is 0. The molecular weight excluding hydrogens is 392 g/mol. The molecule has 0 radical (unpaired) electrons. The summed E-state index contributed by atoms with van der Waals surface area (Å²) in [5.74, 6) is 0. The van der Waals surface area contributed by atoms with Gasteiger partial charge in [0.25, 0.3) is 10.1 Å². The maximum atomic E-state index is 11.9. The summed E-state index contributed by atoms with van der Waals surface area (Å²) in [5, 5.41) is 0. The molecule has 0 atom stereocenters. The van der Waals surface area contributed by atoms with Crippen LogP contribution in [-0.2, 0) is 35.4 Å². The van der Waals surface area contributed by atoms with Crippen LogP contribution in [0.4, 0.5) is 0 Å². The van der Waals surface area contributed by atoms with Crippen molar-refractivity contribution in [2.24, 2.45) is 0 Å². The Labute approximate surface area is 156 Å². The van der Waals surface area contributed by atoms with E-state index >= 15 is 0 Å². The minimum atomic E-state index is -3.57. The number of hydrogen-bond acceptors (Lipinski definition) is 3. The zero-order chi connectivity index (χ0) is 16.1. The average molecular weight is 422 g/mol. The molecule has 23 heavy (non-hydrogen) atoms. The Morgan fingerprint density at radius 1 is 0.783 bits per heavy atom. The van der Waals surface area contributed by atoms with E-state index < -0.39 is 10.1 Å². The van der Waals surface area contributed by atoms with Gasteiger partial charge >= 0.3 is 0 Å². The molecular formula is C18H30MoO3S. The van der Waals surface area contributed by atoms with Gasteiger partial charge in [-0.25, -0.2) is 0 Å². The van der Waals surface area contributed by atoms with E-state index in [1.807, 2.05) is 0 Å². The van der Waals surface area contributed by atoms with E-state index in [1.165, 1.54) is 51.4 Å². The molecule has 5 heteroatoms. The summed E-state index contributed by atoms with van der Waals surface area (Å²) >= 11 is 0. The fourth-order valence-electron chi connectivity index (χ4n) is 2.41. The number of rotatable bonds is 13. The van der Waals surface area contributed by atoms with Gasteiger partial charge in [0.15, 0.2) is 0 Å². The monoisotopic (exact) mass is 424 g/mol. The quantitative estimate of drug-likeness (QED) is 0.246. The second-order valence-electron chi connectivity index (χ2n) is 5.77. The summed E-state index contributed by atoms with van der Waals surface area (Å²) in [6.45, 7) is 2.52. The van der Waals surface area contributed by atoms with Crippen molar-refractivity contribution < 1.29 is 33.7 Å². The van der Waals surface area contributed by atoms with Gasteiger partial charge < -0.3 is 0 Å². The van der Waals surface area contributed by atoms with Gasteiger partial charge in [-0.1, -0.05) is 82.9 Å². The molecule has 0 aliphatic carbocycles. The minimum absolute atomic E-state index is 0. The van der Waals surface area contributed by atoms with Gasteiger partial charge in [-0.05, 0) is 18.6 Å². The zero-order valence-corrected chi connectivity index (χ0v) is 17.0. The molecule has 1 aromatic rings. The molecule has 0 unspecified atom stereocenters. The van der Waals surface area contributed by atoms with Crippen LogP contribution in [0.15, 0.2) is 35.2 Å². The number of unbranched alkanes of at least 4 members (excludes halogenated alkanes) is 9. The SMILES string of the molecule is CCCCCCCCCCCCOS(=O)(=O)c1ccccc1.[Mo]. The van der Waals surface area contributed by atoms with Crippen molar-refractivity contribution in [3.8, 4) is 0 Å². The Morgan fingerprint density at radius 2 is 1.26 bits per heavy atom. The third-order valence-electron chi connectivity index (χ3n) is 3.77. The Balaban J connectivity index is 0.00000484. The van der Waals surface area contributed by atoms with Crippen molar-refractivity contribution in [3.63, 3.8) is 0 Å². The van der Waals surface area contributed by atoms with Crippen molar-refractivity contribution in [1.29, 1.82) is 0 Å². The van der Waals surface area contributed by atoms with Crippen molar-refractivity contribution in [2.75, 3.05) is 6.61 Å². The van der Waals surface area contributed by atoms with E-state index in [4.69, 9.17) is 4.18 Å². The first kappa shape index (κ1) is 22.8. The molecule has 0 aliphatic rings. The smallest absolute Gasteiger partial charge is 0.266 e. The van der Waals surface area contributed by atoms with Crippen molar-refractivity contribution in [1.82, 2.24) is 0 Å². The predicted octanol–water partition coefficient (Wildman–Crippen LogP) is 5.31. The van der Waals surface area contributed by atoms with E-state index in [0.29, 0.717) is 0 Å². The van der Waals surface area contributed by atoms with Crippen LogP contribution in [0.1, 0.15) is 71.1 Å². The van der Waals surface area contributed by atoms with Crippen LogP contribution in [0, 0.1) is 0 Å². The van der Waals surface area contributed by atoms with Crippen LogP contribution < -0.4 is 0 Å². The van der Waals surface area contributed by atoms with Gasteiger partial charge in [-0.3, -0.25) is 4.18 Å². The van der Waals surface area contributed by atoms with Gasteiger partial charge in [0, 0.05) is 21.1 Å². The summed E-state index contributed by atoms with van der Waals surface area (Å²) in [4.78, 5) is 0.238. The van der Waals surface area contributed by atoms with Crippen molar-refractivity contribution in [2.45, 2.75) is 76.0 Å². The molecule has 3 nitrogen and oxygen atoms in total. The second kappa shape index (κ2) is 14.2. The molecule has 0 amide bonds. The van der Waals surface area contributed by atoms with E-state index in [1.54, 1.807) is 30.3 Å². The van der Waals surface area contributed by atoms with Gasteiger partial charge in [0.1, 0.15) is 0 Å². The van der Waals surface area contributed by atoms with Crippen LogP contribution in [0.25, 0.3) is 0 Å². The molecule has 0 bridgehead atoms. The topological polar surface area (TPSA) is 43.4 Å². The standard InChI is InChI=1S/C18H30O3S.Mo/c1-2-3-4-5-6-7-8-9-10-14-17-21-22(19,20)18-15-12-11-13-16-18;/h11-13,15-16H,2-10,14,17H2,1H3;. The van der Waals surface area contributed by atoms with Gasteiger partial charge in [-0.2, -0.15) is 8.42 Å². The van der Waals surface area contributed by atoms with Crippen LogP contribution in [-0.4, -0.2) is 15.0 Å². The molecule has 0 saturated carbocycles. The molecule has 0 heterocycles. The van der Waals surface area contributed by atoms with E-state index in [9.17, 15) is 8.42 Å². The second-order valence-corrected chi connectivity index (χ2v) is 7.39. The van der Waals surface area contributed by atoms with Crippen LogP contribution in [0.5, 0.6) is 0 Å². The summed E-state index contributed by atoms with van der Waals surface area (Å²) in [6.07, 6.45) is 12.3. The van der Waals surface area contributed by atoms with Gasteiger partial charge in [0.2, 0.25) is 0 Å². The fourth-order valence-corrected chi connectivity index (χ4v) is 3.38. The van der Waals surface area contributed by atoms with Crippen LogP contribution >= 0.6 is 0 Å². The van der Waals surface area contributed by atoms with Crippen molar-refractivity contribution in [3.05, 3.63) is 30.3 Å². The van der Waals surface area contributed by atoms with Crippen LogP contribution in [0.3, 0.4) is 0 Å². The summed E-state index contributed by atoms with van der Waals surface area (Å²) in [6, 6.07) is 8.33. The molecule has 0 N–H and O–H groups in total. The largest absolute Gasteiger partial charge is 0.296 e. The first-order valence-electron chi connectivity index (χ1n) is 8.61. The summed E-state index contributed by atoms with van der Waals surface area (Å²) < 4.78 is 28.8. The van der Waals surface area contributed by atoms with Gasteiger partial charge in [0.05, 0.1) is 11.5 Å². The third kappa shape index (κ3) is 11.1. The molecule has 0 spiro atoms. The van der Waals surface area contributed by atoms with Crippen LogP contribution in [0.2, 0.25) is 0 Å². The predicted molar refractivity (Wildman–Crippen MR) is 91.4 cm³/mol. The normalized spacial score (nSPS) is 11.2. The third-order valence-corrected chi connectivity index (χ3v) is 5.09. The molecule has 1 rings (SSSR count). The molecule has 0 aliphatic heterocycles. The number of benzene rings is 1. The van der Waals surface area contributed by atoms with E-state index in [0.717, 1.165) is 12.8 Å².